The van der Waals surface area contributed by atoms with E-state index in [0.717, 1.165) is 21.4 Å². The molecule has 2 N–H and O–H groups in total. The minimum absolute atomic E-state index is 0.459. The molecule has 0 saturated heterocycles. The van der Waals surface area contributed by atoms with E-state index in [4.69, 9.17) is 22.1 Å². The number of methoxy groups -OCH3 is 1. The van der Waals surface area contributed by atoms with Crippen LogP contribution in [0.15, 0.2) is 12.1 Å². The number of benzene rings is 1. The maximum absolute atomic E-state index is 6.13. The van der Waals surface area contributed by atoms with Crippen molar-refractivity contribution in [3.63, 3.8) is 0 Å². The standard InChI is InChI=1S/C11H10ClN5OS/c1-5-14-15-11-17(5)16-10(19-11)6-3-7(12)9(18-2)8(13)4-6/h3-4H,13H2,1-2H3. The molecule has 0 radical (unpaired) electrons. The van der Waals surface area contributed by atoms with E-state index < -0.39 is 0 Å². The van der Waals surface area contributed by atoms with Gasteiger partial charge in [-0.05, 0) is 19.1 Å². The number of nitrogens with two attached hydrogens (primary N) is 1. The van der Waals surface area contributed by atoms with E-state index in [9.17, 15) is 0 Å². The molecule has 2 heterocycles. The number of hydrogen-bond donors (Lipinski definition) is 1. The molecule has 0 aliphatic rings. The molecule has 0 unspecified atom stereocenters. The molecule has 1 aromatic carbocycles. The average molecular weight is 296 g/mol. The van der Waals surface area contributed by atoms with Crippen LogP contribution in [-0.2, 0) is 0 Å². The van der Waals surface area contributed by atoms with Crippen molar-refractivity contribution in [2.75, 3.05) is 12.8 Å². The normalized spacial score (nSPS) is 11.1. The van der Waals surface area contributed by atoms with Crippen LogP contribution in [0.3, 0.4) is 0 Å². The lowest BCUT2D eigenvalue weighted by Crippen LogP contribution is -1.94. The third-order valence-electron chi connectivity index (χ3n) is 2.67. The van der Waals surface area contributed by atoms with E-state index in [0.29, 0.717) is 16.5 Å². The Morgan fingerprint density at radius 3 is 2.79 bits per heavy atom. The summed E-state index contributed by atoms with van der Waals surface area (Å²) in [5, 5.41) is 13.6. The van der Waals surface area contributed by atoms with Crippen molar-refractivity contribution in [3.05, 3.63) is 23.0 Å². The molecule has 0 aliphatic carbocycles. The molecule has 3 aromatic rings. The molecule has 8 heteroatoms. The third-order valence-corrected chi connectivity index (χ3v) is 3.90. The van der Waals surface area contributed by atoms with Gasteiger partial charge in [-0.2, -0.15) is 9.61 Å². The number of aryl methyl sites for hydroxylation is 1. The molecule has 2 aromatic heterocycles. The second-order valence-corrected chi connectivity index (χ2v) is 5.29. The van der Waals surface area contributed by atoms with Crippen molar-refractivity contribution in [1.82, 2.24) is 19.8 Å². The summed E-state index contributed by atoms with van der Waals surface area (Å²) in [5.74, 6) is 1.22. The van der Waals surface area contributed by atoms with Crippen LogP contribution in [0.2, 0.25) is 5.02 Å². The highest BCUT2D eigenvalue weighted by Crippen LogP contribution is 2.37. The van der Waals surface area contributed by atoms with Crippen LogP contribution >= 0.6 is 22.9 Å². The van der Waals surface area contributed by atoms with Crippen molar-refractivity contribution >= 4 is 33.6 Å². The zero-order valence-electron chi connectivity index (χ0n) is 10.2. The second kappa shape index (κ2) is 4.36. The molecule has 0 saturated carbocycles. The Balaban J connectivity index is 2.15. The summed E-state index contributed by atoms with van der Waals surface area (Å²) in [6, 6.07) is 3.56. The summed E-state index contributed by atoms with van der Waals surface area (Å²) >= 11 is 7.55. The minimum Gasteiger partial charge on any atom is -0.493 e. The van der Waals surface area contributed by atoms with E-state index in [1.54, 1.807) is 16.6 Å². The Hall–Kier alpha value is -1.86. The molecule has 6 nitrogen and oxygen atoms in total. The van der Waals surface area contributed by atoms with Crippen LogP contribution in [0.1, 0.15) is 5.82 Å². The summed E-state index contributed by atoms with van der Waals surface area (Å²) in [6.45, 7) is 1.85. The van der Waals surface area contributed by atoms with Crippen LogP contribution in [0.25, 0.3) is 15.5 Å². The highest BCUT2D eigenvalue weighted by atomic mass is 35.5. The third kappa shape index (κ3) is 1.91. The van der Waals surface area contributed by atoms with Gasteiger partial charge in [-0.15, -0.1) is 10.2 Å². The van der Waals surface area contributed by atoms with Gasteiger partial charge in [-0.1, -0.05) is 22.9 Å². The first-order valence-corrected chi connectivity index (χ1v) is 6.62. The van der Waals surface area contributed by atoms with Gasteiger partial charge in [-0.25, -0.2) is 0 Å². The van der Waals surface area contributed by atoms with Crippen LogP contribution in [-0.4, -0.2) is 26.9 Å². The number of halogens is 1. The van der Waals surface area contributed by atoms with Crippen LogP contribution in [0.5, 0.6) is 5.75 Å². The zero-order valence-corrected chi connectivity index (χ0v) is 11.8. The molecular formula is C11H10ClN5OS. The van der Waals surface area contributed by atoms with Gasteiger partial charge >= 0.3 is 0 Å². The van der Waals surface area contributed by atoms with Crippen LogP contribution in [0.4, 0.5) is 5.69 Å². The molecule has 0 fully saturated rings. The fourth-order valence-electron chi connectivity index (χ4n) is 1.78. The lowest BCUT2D eigenvalue weighted by Gasteiger charge is -2.07. The van der Waals surface area contributed by atoms with Gasteiger partial charge in [0.15, 0.2) is 11.6 Å². The van der Waals surface area contributed by atoms with E-state index in [2.05, 4.69) is 15.3 Å². The fourth-order valence-corrected chi connectivity index (χ4v) is 2.96. The van der Waals surface area contributed by atoms with Crippen molar-refractivity contribution in [1.29, 1.82) is 0 Å². The number of anilines is 1. The lowest BCUT2D eigenvalue weighted by molar-refractivity contribution is 0.417. The smallest absolute Gasteiger partial charge is 0.234 e. The van der Waals surface area contributed by atoms with Gasteiger partial charge in [0.05, 0.1) is 17.8 Å². The van der Waals surface area contributed by atoms with Gasteiger partial charge in [0.25, 0.3) is 0 Å². The van der Waals surface area contributed by atoms with Gasteiger partial charge < -0.3 is 10.5 Å². The number of nitrogen functional groups attached to an aromatic ring is 1. The molecular weight excluding hydrogens is 286 g/mol. The number of fused-ring (bicyclic) bond motifs is 1. The minimum atomic E-state index is 0.459. The summed E-state index contributed by atoms with van der Waals surface area (Å²) in [7, 11) is 1.53. The Morgan fingerprint density at radius 2 is 2.16 bits per heavy atom. The number of rotatable bonds is 2. The number of nitrogens with zero attached hydrogens (tertiary/aromatic N) is 4. The molecule has 0 spiro atoms. The van der Waals surface area contributed by atoms with Crippen molar-refractivity contribution in [3.8, 4) is 16.3 Å². The maximum Gasteiger partial charge on any atom is 0.234 e. The molecule has 0 atom stereocenters. The quantitative estimate of drug-likeness (QED) is 0.735. The topological polar surface area (TPSA) is 78.3 Å². The monoisotopic (exact) mass is 295 g/mol. The second-order valence-electron chi connectivity index (χ2n) is 3.93. The first-order valence-electron chi connectivity index (χ1n) is 5.42. The Bertz CT molecular complexity index is 743. The lowest BCUT2D eigenvalue weighted by atomic mass is 10.2. The predicted molar refractivity (Wildman–Crippen MR) is 74.8 cm³/mol. The molecule has 0 amide bonds. The number of hydrogen-bond acceptors (Lipinski definition) is 6. The van der Waals surface area contributed by atoms with E-state index >= 15 is 0 Å². The van der Waals surface area contributed by atoms with Crippen molar-refractivity contribution in [2.45, 2.75) is 6.92 Å². The highest BCUT2D eigenvalue weighted by Gasteiger charge is 2.14. The molecule has 3 rings (SSSR count). The van der Waals surface area contributed by atoms with E-state index in [1.165, 1.54) is 18.4 Å². The van der Waals surface area contributed by atoms with Gasteiger partial charge in [-0.3, -0.25) is 0 Å². The van der Waals surface area contributed by atoms with E-state index in [1.807, 2.05) is 6.92 Å². The summed E-state index contributed by atoms with van der Waals surface area (Å²) in [4.78, 5) is 0.734. The molecule has 0 aliphatic heterocycles. The number of ether oxygens (including phenoxy) is 1. The Kier molecular flexibility index (Phi) is 2.79. The Morgan fingerprint density at radius 1 is 1.37 bits per heavy atom. The van der Waals surface area contributed by atoms with Gasteiger partial charge in [0.2, 0.25) is 4.96 Å². The predicted octanol–water partition coefficient (Wildman–Crippen LogP) is 2.41. The molecule has 0 bridgehead atoms. The SMILES string of the molecule is COc1c(N)cc(-c2nn3c(C)nnc3s2)cc1Cl. The first-order chi connectivity index (χ1) is 9.10. The van der Waals surface area contributed by atoms with E-state index in [-0.39, 0.29) is 0 Å². The maximum atomic E-state index is 6.13. The Labute approximate surface area is 117 Å². The van der Waals surface area contributed by atoms with Gasteiger partial charge in [0.1, 0.15) is 5.01 Å². The van der Waals surface area contributed by atoms with Crippen LogP contribution in [0, 0.1) is 6.92 Å². The summed E-state index contributed by atoms with van der Waals surface area (Å²) in [5.41, 5.74) is 7.21. The van der Waals surface area contributed by atoms with Crippen molar-refractivity contribution in [2.24, 2.45) is 0 Å². The van der Waals surface area contributed by atoms with Gasteiger partial charge in [0, 0.05) is 5.56 Å². The largest absolute Gasteiger partial charge is 0.493 e. The fraction of sp³-hybridized carbons (Fsp3) is 0.182. The molecule has 98 valence electrons. The summed E-state index contributed by atoms with van der Waals surface area (Å²) < 4.78 is 6.82. The summed E-state index contributed by atoms with van der Waals surface area (Å²) in [6.07, 6.45) is 0. The van der Waals surface area contributed by atoms with Crippen molar-refractivity contribution < 1.29 is 4.74 Å². The molecule has 19 heavy (non-hydrogen) atoms. The zero-order chi connectivity index (χ0) is 13.6. The number of aromatic nitrogens is 4. The van der Waals surface area contributed by atoms with Crippen LogP contribution < -0.4 is 10.5 Å². The first kappa shape index (κ1) is 12.2. The average Bonchev–Trinajstić information content (AvgIpc) is 2.92. The highest BCUT2D eigenvalue weighted by molar-refractivity contribution is 7.19.